The number of carbonyl (C=O) groups is 1. The van der Waals surface area contributed by atoms with Crippen LogP contribution in [0.1, 0.15) is 26.3 Å². The lowest BCUT2D eigenvalue weighted by molar-refractivity contribution is -0.142. The first-order chi connectivity index (χ1) is 9.22. The van der Waals surface area contributed by atoms with Crippen molar-refractivity contribution in [1.82, 2.24) is 0 Å². The zero-order valence-corrected chi connectivity index (χ0v) is 12.0. The highest BCUT2D eigenvalue weighted by atomic mass is 16.5. The van der Waals surface area contributed by atoms with E-state index in [2.05, 4.69) is 11.4 Å². The maximum atomic E-state index is 10.8. The average Bonchev–Trinajstić information content (AvgIpc) is 2.46. The molecule has 1 N–H and O–H groups in total. The topological polar surface area (TPSA) is 38.3 Å². The average molecular weight is 259 g/mol. The number of carbonyl (C=O) groups excluding carboxylic acids is 1. The highest BCUT2D eigenvalue weighted by Crippen LogP contribution is 2.26. The zero-order valence-electron chi connectivity index (χ0n) is 12.0. The van der Waals surface area contributed by atoms with Crippen LogP contribution in [0, 0.1) is 0 Å². The molecule has 0 saturated carbocycles. The lowest BCUT2D eigenvalue weighted by atomic mass is 10.0. The fraction of sp³-hybridized carbons (Fsp3) is 0.312. The highest BCUT2D eigenvalue weighted by Gasteiger charge is 2.05. The van der Waals surface area contributed by atoms with Gasteiger partial charge in [-0.15, -0.1) is 0 Å². The lowest BCUT2D eigenvalue weighted by Gasteiger charge is -2.10. The van der Waals surface area contributed by atoms with Gasteiger partial charge in [0.2, 0.25) is 0 Å². The van der Waals surface area contributed by atoms with Crippen LogP contribution in [0.2, 0.25) is 0 Å². The van der Waals surface area contributed by atoms with Crippen LogP contribution < -0.4 is 5.32 Å². The maximum absolute atomic E-state index is 10.8. The fourth-order valence-electron chi connectivity index (χ4n) is 1.88. The molecule has 0 spiro atoms. The molecule has 0 aromatic heterocycles. The van der Waals surface area contributed by atoms with Gasteiger partial charge in [-0.1, -0.05) is 44.2 Å². The molecule has 0 radical (unpaired) electrons. The molecule has 0 atom stereocenters. The molecule has 3 heteroatoms. The number of nitrogens with one attached hydrogen (secondary N) is 1. The Bertz CT molecular complexity index is 549. The van der Waals surface area contributed by atoms with E-state index in [0.29, 0.717) is 6.61 Å². The molecule has 0 bridgehead atoms. The summed E-state index contributed by atoms with van der Waals surface area (Å²) in [6, 6.07) is 12.1. The first-order valence-electron chi connectivity index (χ1n) is 6.54. The molecule has 0 fully saturated rings. The summed E-state index contributed by atoms with van der Waals surface area (Å²) >= 11 is 0. The van der Waals surface area contributed by atoms with Gasteiger partial charge >= 0.3 is 5.97 Å². The largest absolute Gasteiger partial charge is 0.461 e. The normalized spacial score (nSPS) is 9.47. The van der Waals surface area contributed by atoms with Crippen molar-refractivity contribution in [3.8, 4) is 0 Å². The molecule has 0 aliphatic carbocycles. The van der Waals surface area contributed by atoms with Crippen molar-refractivity contribution in [2.75, 3.05) is 12.4 Å². The van der Waals surface area contributed by atoms with Crippen LogP contribution in [-0.4, -0.2) is 13.0 Å². The van der Waals surface area contributed by atoms with E-state index in [1.165, 1.54) is 6.92 Å². The quantitative estimate of drug-likeness (QED) is 0.847. The van der Waals surface area contributed by atoms with Crippen molar-refractivity contribution >= 4 is 22.4 Å². The Kier molecular flexibility index (Phi) is 5.86. The van der Waals surface area contributed by atoms with E-state index in [1.807, 2.05) is 51.2 Å². The third-order valence-corrected chi connectivity index (χ3v) is 2.71. The van der Waals surface area contributed by atoms with Gasteiger partial charge in [0, 0.05) is 25.0 Å². The van der Waals surface area contributed by atoms with E-state index in [1.54, 1.807) is 0 Å². The standard InChI is InChI=1S/C14H15NO2.C2H6/c1-10(16)17-9-11-7-8-14(15-2)13-6-4-3-5-12(11)13;1-2/h3-8,15H,9H2,1-2H3;1-2H3. The Morgan fingerprint density at radius 1 is 1.11 bits per heavy atom. The third-order valence-electron chi connectivity index (χ3n) is 2.71. The van der Waals surface area contributed by atoms with Crippen molar-refractivity contribution in [3.05, 3.63) is 42.0 Å². The van der Waals surface area contributed by atoms with E-state index >= 15 is 0 Å². The van der Waals surface area contributed by atoms with E-state index in [4.69, 9.17) is 4.74 Å². The van der Waals surface area contributed by atoms with Crippen LogP contribution in [0.5, 0.6) is 0 Å². The fourth-order valence-corrected chi connectivity index (χ4v) is 1.88. The molecule has 2 aromatic rings. The van der Waals surface area contributed by atoms with Crippen LogP contribution in [-0.2, 0) is 16.1 Å². The van der Waals surface area contributed by atoms with Crippen LogP contribution in [0.3, 0.4) is 0 Å². The summed E-state index contributed by atoms with van der Waals surface area (Å²) < 4.78 is 5.05. The van der Waals surface area contributed by atoms with Gasteiger partial charge < -0.3 is 10.1 Å². The molecule has 19 heavy (non-hydrogen) atoms. The summed E-state index contributed by atoms with van der Waals surface area (Å²) in [5.41, 5.74) is 2.10. The summed E-state index contributed by atoms with van der Waals surface area (Å²) in [5, 5.41) is 5.40. The van der Waals surface area contributed by atoms with Gasteiger partial charge in [-0.25, -0.2) is 0 Å². The summed E-state index contributed by atoms with van der Waals surface area (Å²) in [7, 11) is 1.90. The Balaban J connectivity index is 0.000000861. The maximum Gasteiger partial charge on any atom is 0.302 e. The van der Waals surface area contributed by atoms with Gasteiger partial charge in [-0.2, -0.15) is 0 Å². The number of fused-ring (bicyclic) bond motifs is 1. The van der Waals surface area contributed by atoms with Crippen LogP contribution >= 0.6 is 0 Å². The van der Waals surface area contributed by atoms with Crippen molar-refractivity contribution in [3.63, 3.8) is 0 Å². The second-order valence-corrected chi connectivity index (χ2v) is 3.85. The number of hydrogen-bond acceptors (Lipinski definition) is 3. The van der Waals surface area contributed by atoms with Crippen LogP contribution in [0.15, 0.2) is 36.4 Å². The summed E-state index contributed by atoms with van der Waals surface area (Å²) in [4.78, 5) is 10.8. The van der Waals surface area contributed by atoms with Gasteiger partial charge in [-0.3, -0.25) is 4.79 Å². The molecule has 0 amide bonds. The smallest absolute Gasteiger partial charge is 0.302 e. The predicted molar refractivity (Wildman–Crippen MR) is 80.3 cm³/mol. The van der Waals surface area contributed by atoms with Gasteiger partial charge in [0.25, 0.3) is 0 Å². The van der Waals surface area contributed by atoms with E-state index < -0.39 is 0 Å². The summed E-state index contributed by atoms with van der Waals surface area (Å²) in [6.07, 6.45) is 0. The van der Waals surface area contributed by atoms with Crippen LogP contribution in [0.4, 0.5) is 5.69 Å². The lowest BCUT2D eigenvalue weighted by Crippen LogP contribution is -2.00. The number of hydrogen-bond donors (Lipinski definition) is 1. The Morgan fingerprint density at radius 3 is 2.32 bits per heavy atom. The number of benzene rings is 2. The molecule has 3 nitrogen and oxygen atoms in total. The van der Waals surface area contributed by atoms with Crippen molar-refractivity contribution < 1.29 is 9.53 Å². The van der Waals surface area contributed by atoms with Crippen LogP contribution in [0.25, 0.3) is 10.8 Å². The third kappa shape index (κ3) is 3.71. The summed E-state index contributed by atoms with van der Waals surface area (Å²) in [5.74, 6) is -0.258. The second-order valence-electron chi connectivity index (χ2n) is 3.85. The molecular formula is C16H21NO2. The number of esters is 1. The number of rotatable bonds is 3. The van der Waals surface area contributed by atoms with Gasteiger partial charge in [0.15, 0.2) is 0 Å². The van der Waals surface area contributed by atoms with Gasteiger partial charge in [0.05, 0.1) is 0 Å². The van der Waals surface area contributed by atoms with Gasteiger partial charge in [-0.05, 0) is 17.0 Å². The first-order valence-corrected chi connectivity index (χ1v) is 6.54. The Labute approximate surface area is 114 Å². The molecular weight excluding hydrogens is 238 g/mol. The van der Waals surface area contributed by atoms with Crippen molar-refractivity contribution in [2.45, 2.75) is 27.4 Å². The minimum absolute atomic E-state index is 0.258. The molecule has 0 unspecified atom stereocenters. The minimum atomic E-state index is -0.258. The Morgan fingerprint density at radius 2 is 1.74 bits per heavy atom. The van der Waals surface area contributed by atoms with E-state index in [0.717, 1.165) is 22.0 Å². The molecule has 0 aliphatic heterocycles. The second kappa shape index (κ2) is 7.41. The highest BCUT2D eigenvalue weighted by molar-refractivity contribution is 5.96. The molecule has 2 rings (SSSR count). The summed E-state index contributed by atoms with van der Waals surface area (Å²) in [6.45, 7) is 5.74. The molecule has 0 heterocycles. The zero-order chi connectivity index (χ0) is 14.3. The first kappa shape index (κ1) is 15.0. The number of ether oxygens (including phenoxy) is 1. The molecule has 102 valence electrons. The molecule has 2 aromatic carbocycles. The van der Waals surface area contributed by atoms with Crippen molar-refractivity contribution in [1.29, 1.82) is 0 Å². The van der Waals surface area contributed by atoms with Crippen molar-refractivity contribution in [2.24, 2.45) is 0 Å². The minimum Gasteiger partial charge on any atom is -0.461 e. The molecule has 0 aliphatic rings. The number of anilines is 1. The van der Waals surface area contributed by atoms with Gasteiger partial charge in [0.1, 0.15) is 6.61 Å². The molecule has 0 saturated heterocycles. The van der Waals surface area contributed by atoms with E-state index in [-0.39, 0.29) is 5.97 Å². The SMILES string of the molecule is CC.CNc1ccc(COC(C)=O)c2ccccc12. The Hall–Kier alpha value is -2.03. The van der Waals surface area contributed by atoms with E-state index in [9.17, 15) is 4.79 Å². The monoisotopic (exact) mass is 259 g/mol. The predicted octanol–water partition coefficient (Wildman–Crippen LogP) is 3.97.